The van der Waals surface area contributed by atoms with Gasteiger partial charge in [0.2, 0.25) is 5.91 Å². The highest BCUT2D eigenvalue weighted by Crippen LogP contribution is 2.29. The molecule has 0 N–H and O–H groups in total. The lowest BCUT2D eigenvalue weighted by molar-refractivity contribution is -0.130. The Morgan fingerprint density at radius 3 is 2.97 bits per heavy atom. The summed E-state index contributed by atoms with van der Waals surface area (Å²) < 4.78 is 7.50. The fourth-order valence-electron chi connectivity index (χ4n) is 3.86. The van der Waals surface area contributed by atoms with Crippen molar-refractivity contribution in [1.82, 2.24) is 24.5 Å². The van der Waals surface area contributed by atoms with E-state index in [1.807, 2.05) is 45.7 Å². The molecule has 5 rings (SSSR count). The highest BCUT2D eigenvalue weighted by atomic mass is 32.2. The Labute approximate surface area is 172 Å². The van der Waals surface area contributed by atoms with Gasteiger partial charge in [-0.3, -0.25) is 9.20 Å². The van der Waals surface area contributed by atoms with Crippen molar-refractivity contribution in [3.05, 3.63) is 42.7 Å². The smallest absolute Gasteiger partial charge is 0.233 e. The van der Waals surface area contributed by atoms with Crippen LogP contribution >= 0.6 is 11.8 Å². The van der Waals surface area contributed by atoms with Gasteiger partial charge in [-0.2, -0.15) is 0 Å². The number of amides is 1. The fraction of sp³-hybridized carbons (Fsp3) is 0.333. The van der Waals surface area contributed by atoms with Crippen molar-refractivity contribution in [1.29, 1.82) is 0 Å². The van der Waals surface area contributed by atoms with Crippen LogP contribution in [-0.4, -0.2) is 49.2 Å². The van der Waals surface area contributed by atoms with Crippen LogP contribution < -0.4 is 0 Å². The summed E-state index contributed by atoms with van der Waals surface area (Å²) in [4.78, 5) is 19.5. The average Bonchev–Trinajstić information content (AvgIpc) is 3.42. The number of piperidine rings is 1. The van der Waals surface area contributed by atoms with Gasteiger partial charge in [0.15, 0.2) is 22.4 Å². The minimum Gasteiger partial charge on any atom is -0.461 e. The molecule has 7 nitrogen and oxygen atoms in total. The van der Waals surface area contributed by atoms with E-state index < -0.39 is 0 Å². The first-order valence-corrected chi connectivity index (χ1v) is 10.8. The summed E-state index contributed by atoms with van der Waals surface area (Å²) in [5, 5.41) is 10.3. The largest absolute Gasteiger partial charge is 0.461 e. The zero-order valence-electron chi connectivity index (χ0n) is 16.1. The molecule has 0 bridgehead atoms. The summed E-state index contributed by atoms with van der Waals surface area (Å²) in [6.07, 6.45) is 3.89. The molecule has 4 heterocycles. The van der Waals surface area contributed by atoms with Gasteiger partial charge in [0, 0.05) is 18.5 Å². The number of para-hydroxylation sites is 1. The molecular weight excluding hydrogens is 386 g/mol. The van der Waals surface area contributed by atoms with Crippen LogP contribution in [0.3, 0.4) is 0 Å². The highest BCUT2D eigenvalue weighted by Gasteiger charge is 2.23. The number of hydrogen-bond acceptors (Lipinski definition) is 6. The summed E-state index contributed by atoms with van der Waals surface area (Å²) in [6, 6.07) is 11.5. The number of carbonyl (C=O) groups excluding carboxylic acids is 1. The van der Waals surface area contributed by atoms with E-state index in [9.17, 15) is 4.79 Å². The van der Waals surface area contributed by atoms with Crippen molar-refractivity contribution in [3.63, 3.8) is 0 Å². The molecule has 4 aromatic rings. The van der Waals surface area contributed by atoms with Gasteiger partial charge < -0.3 is 9.32 Å². The second kappa shape index (κ2) is 7.51. The molecule has 0 saturated carbocycles. The van der Waals surface area contributed by atoms with Gasteiger partial charge in [-0.1, -0.05) is 30.8 Å². The van der Waals surface area contributed by atoms with Crippen LogP contribution in [0.25, 0.3) is 28.1 Å². The second-order valence-electron chi connectivity index (χ2n) is 7.45. The SMILES string of the molecule is C[C@H]1CCCN(C(=O)CSc2nnc3c4ccccc4nc(-c4ccco4)n23)C1. The molecule has 0 spiro atoms. The second-order valence-corrected chi connectivity index (χ2v) is 8.39. The number of likely N-dealkylation sites (tertiary alicyclic amines) is 1. The number of benzene rings is 1. The summed E-state index contributed by atoms with van der Waals surface area (Å²) >= 11 is 1.40. The lowest BCUT2D eigenvalue weighted by atomic mass is 10.0. The maximum Gasteiger partial charge on any atom is 0.233 e. The van der Waals surface area contributed by atoms with Gasteiger partial charge in [0.05, 0.1) is 17.5 Å². The molecule has 148 valence electrons. The number of thioether (sulfide) groups is 1. The van der Waals surface area contributed by atoms with Crippen LogP contribution in [0.4, 0.5) is 0 Å². The number of hydrogen-bond donors (Lipinski definition) is 0. The monoisotopic (exact) mass is 407 g/mol. The van der Waals surface area contributed by atoms with Crippen molar-refractivity contribution in [2.75, 3.05) is 18.8 Å². The van der Waals surface area contributed by atoms with Gasteiger partial charge in [0.25, 0.3) is 0 Å². The Morgan fingerprint density at radius 1 is 1.24 bits per heavy atom. The molecule has 0 unspecified atom stereocenters. The third-order valence-electron chi connectivity index (χ3n) is 5.29. The first-order valence-electron chi connectivity index (χ1n) is 9.79. The molecule has 1 amide bonds. The molecule has 1 aromatic carbocycles. The van der Waals surface area contributed by atoms with Gasteiger partial charge in [0.1, 0.15) is 0 Å². The Hall–Kier alpha value is -2.87. The molecule has 1 atom stereocenters. The maximum atomic E-state index is 12.7. The van der Waals surface area contributed by atoms with E-state index in [4.69, 9.17) is 9.40 Å². The fourth-order valence-corrected chi connectivity index (χ4v) is 4.69. The number of rotatable bonds is 4. The quantitative estimate of drug-likeness (QED) is 0.478. The van der Waals surface area contributed by atoms with Gasteiger partial charge in [-0.15, -0.1) is 10.2 Å². The van der Waals surface area contributed by atoms with Gasteiger partial charge >= 0.3 is 0 Å². The predicted octanol–water partition coefficient (Wildman–Crippen LogP) is 3.89. The standard InChI is InChI=1S/C21H21N5O2S/c1-14-6-4-10-25(12-14)18(27)13-29-21-24-23-19-15-7-2-3-8-16(15)22-20(26(19)21)17-9-5-11-28-17/h2-3,5,7-9,11,14H,4,6,10,12-13H2,1H3/t14-/m0/s1. The average molecular weight is 407 g/mol. The lowest BCUT2D eigenvalue weighted by Gasteiger charge is -2.30. The minimum absolute atomic E-state index is 0.145. The van der Waals surface area contributed by atoms with Crippen molar-refractivity contribution >= 4 is 34.2 Å². The van der Waals surface area contributed by atoms with Crippen molar-refractivity contribution in [2.45, 2.75) is 24.9 Å². The van der Waals surface area contributed by atoms with E-state index in [1.54, 1.807) is 6.26 Å². The molecule has 3 aromatic heterocycles. The molecule has 0 radical (unpaired) electrons. The zero-order chi connectivity index (χ0) is 19.8. The van der Waals surface area contributed by atoms with Gasteiger partial charge in [-0.05, 0) is 43.0 Å². The number of furan rings is 1. The summed E-state index contributed by atoms with van der Waals surface area (Å²) in [7, 11) is 0. The van der Waals surface area contributed by atoms with E-state index in [0.717, 1.165) is 30.4 Å². The van der Waals surface area contributed by atoms with E-state index in [1.165, 1.54) is 18.2 Å². The number of aromatic nitrogens is 4. The normalized spacial score (nSPS) is 17.3. The van der Waals surface area contributed by atoms with Crippen LogP contribution in [0.1, 0.15) is 19.8 Å². The van der Waals surface area contributed by atoms with Crippen molar-refractivity contribution in [2.24, 2.45) is 5.92 Å². The Bertz CT molecular complexity index is 1170. The Morgan fingerprint density at radius 2 is 2.14 bits per heavy atom. The molecule has 1 fully saturated rings. The zero-order valence-corrected chi connectivity index (χ0v) is 16.9. The van der Waals surface area contributed by atoms with Crippen LogP contribution in [-0.2, 0) is 4.79 Å². The van der Waals surface area contributed by atoms with Crippen molar-refractivity contribution < 1.29 is 9.21 Å². The van der Waals surface area contributed by atoms with E-state index in [2.05, 4.69) is 17.1 Å². The number of nitrogens with zero attached hydrogens (tertiary/aromatic N) is 5. The van der Waals surface area contributed by atoms with E-state index in [-0.39, 0.29) is 5.91 Å². The van der Waals surface area contributed by atoms with Crippen LogP contribution in [0.5, 0.6) is 0 Å². The first kappa shape index (κ1) is 18.2. The molecule has 8 heteroatoms. The summed E-state index contributed by atoms with van der Waals surface area (Å²) in [6.45, 7) is 3.88. The third-order valence-corrected chi connectivity index (χ3v) is 6.21. The Balaban J connectivity index is 1.51. The maximum absolute atomic E-state index is 12.7. The van der Waals surface area contributed by atoms with Crippen molar-refractivity contribution in [3.8, 4) is 11.6 Å². The highest BCUT2D eigenvalue weighted by molar-refractivity contribution is 7.99. The number of fused-ring (bicyclic) bond motifs is 3. The third kappa shape index (κ3) is 3.37. The molecule has 29 heavy (non-hydrogen) atoms. The van der Waals surface area contributed by atoms with Crippen LogP contribution in [0.2, 0.25) is 0 Å². The van der Waals surface area contributed by atoms with Crippen LogP contribution in [0.15, 0.2) is 52.2 Å². The molecule has 0 aliphatic carbocycles. The molecule has 1 aliphatic heterocycles. The molecule has 1 saturated heterocycles. The summed E-state index contributed by atoms with van der Waals surface area (Å²) in [5.41, 5.74) is 1.54. The minimum atomic E-state index is 0.145. The first-order chi connectivity index (χ1) is 14.2. The topological polar surface area (TPSA) is 76.5 Å². The summed E-state index contributed by atoms with van der Waals surface area (Å²) in [5.74, 6) is 2.31. The lowest BCUT2D eigenvalue weighted by Crippen LogP contribution is -2.40. The van der Waals surface area contributed by atoms with Gasteiger partial charge in [-0.25, -0.2) is 4.98 Å². The predicted molar refractivity (Wildman–Crippen MR) is 112 cm³/mol. The van der Waals surface area contributed by atoms with Crippen LogP contribution in [0, 0.1) is 5.92 Å². The number of carbonyl (C=O) groups is 1. The van der Waals surface area contributed by atoms with E-state index in [0.29, 0.717) is 34.1 Å². The van der Waals surface area contributed by atoms with E-state index >= 15 is 0 Å². The molecular formula is C21H21N5O2S. The molecule has 1 aliphatic rings. The Kier molecular flexibility index (Phi) is 4.71.